The highest BCUT2D eigenvalue weighted by molar-refractivity contribution is 4.61. The number of rotatable bonds is 8. The van der Waals surface area contributed by atoms with Crippen LogP contribution >= 0.6 is 0 Å². The second-order valence-electron chi connectivity index (χ2n) is 3.86. The molecule has 0 rings (SSSR count). The molecule has 2 nitrogen and oxygen atoms in total. The summed E-state index contributed by atoms with van der Waals surface area (Å²) < 4.78 is 0. The largest absolute Gasteiger partial charge is 0.391 e. The van der Waals surface area contributed by atoms with E-state index in [-0.39, 0.29) is 0 Å². The molecule has 80 valence electrons. The molecule has 0 radical (unpaired) electrons. The summed E-state index contributed by atoms with van der Waals surface area (Å²) in [6, 6.07) is 0. The quantitative estimate of drug-likeness (QED) is 0.574. The van der Waals surface area contributed by atoms with Gasteiger partial charge >= 0.3 is 0 Å². The molecule has 0 aromatic rings. The highest BCUT2D eigenvalue weighted by Gasteiger charge is 2.09. The van der Waals surface area contributed by atoms with Crippen molar-refractivity contribution in [3.63, 3.8) is 0 Å². The summed E-state index contributed by atoms with van der Waals surface area (Å²) in [7, 11) is 0. The van der Waals surface area contributed by atoms with Crippen LogP contribution in [0.25, 0.3) is 0 Å². The lowest BCUT2D eigenvalue weighted by Crippen LogP contribution is -2.21. The van der Waals surface area contributed by atoms with Crippen molar-refractivity contribution in [2.75, 3.05) is 0 Å². The second kappa shape index (κ2) is 8.52. The molecular formula is C11H24O2. The van der Waals surface area contributed by atoms with Crippen molar-refractivity contribution in [1.29, 1.82) is 0 Å². The molecule has 2 atom stereocenters. The van der Waals surface area contributed by atoms with Crippen molar-refractivity contribution in [2.24, 2.45) is 0 Å². The minimum Gasteiger partial charge on any atom is -0.391 e. The van der Waals surface area contributed by atoms with Crippen LogP contribution in [0.15, 0.2) is 0 Å². The van der Waals surface area contributed by atoms with Crippen LogP contribution in [0.3, 0.4) is 0 Å². The van der Waals surface area contributed by atoms with Crippen LogP contribution in [-0.4, -0.2) is 22.4 Å². The fourth-order valence-corrected chi connectivity index (χ4v) is 1.38. The fourth-order valence-electron chi connectivity index (χ4n) is 1.38. The first-order valence-electron chi connectivity index (χ1n) is 5.54. The molecule has 0 fully saturated rings. The number of aliphatic hydroxyl groups is 2. The average Bonchev–Trinajstić information content (AvgIpc) is 2.10. The van der Waals surface area contributed by atoms with E-state index in [1.54, 1.807) is 6.92 Å². The van der Waals surface area contributed by atoms with Gasteiger partial charge in [-0.05, 0) is 13.3 Å². The lowest BCUT2D eigenvalue weighted by molar-refractivity contribution is 0.0247. The van der Waals surface area contributed by atoms with E-state index < -0.39 is 12.2 Å². The minimum absolute atomic E-state index is 0.522. The van der Waals surface area contributed by atoms with Crippen LogP contribution in [0.5, 0.6) is 0 Å². The number of hydrogen-bond donors (Lipinski definition) is 2. The Kier molecular flexibility index (Phi) is 8.46. The number of aliphatic hydroxyl groups excluding tert-OH is 2. The van der Waals surface area contributed by atoms with Crippen LogP contribution in [0, 0.1) is 0 Å². The molecule has 0 heterocycles. The Morgan fingerprint density at radius 1 is 0.923 bits per heavy atom. The third-order valence-electron chi connectivity index (χ3n) is 2.41. The van der Waals surface area contributed by atoms with Gasteiger partial charge in [-0.1, -0.05) is 45.4 Å². The zero-order valence-electron chi connectivity index (χ0n) is 9.00. The molecule has 2 N–H and O–H groups in total. The molecule has 0 aliphatic rings. The Morgan fingerprint density at radius 3 is 2.00 bits per heavy atom. The molecule has 0 aliphatic carbocycles. The monoisotopic (exact) mass is 188 g/mol. The average molecular weight is 188 g/mol. The van der Waals surface area contributed by atoms with Gasteiger partial charge in [0.1, 0.15) is 0 Å². The first kappa shape index (κ1) is 12.9. The van der Waals surface area contributed by atoms with Gasteiger partial charge in [-0.2, -0.15) is 0 Å². The van der Waals surface area contributed by atoms with E-state index in [0.717, 1.165) is 12.8 Å². The molecule has 0 saturated carbocycles. The predicted octanol–water partition coefficient (Wildman–Crippen LogP) is 2.48. The molecule has 0 aromatic heterocycles. The summed E-state index contributed by atoms with van der Waals surface area (Å²) in [6.45, 7) is 3.85. The smallest absolute Gasteiger partial charge is 0.0796 e. The Morgan fingerprint density at radius 2 is 1.46 bits per heavy atom. The molecule has 0 spiro atoms. The van der Waals surface area contributed by atoms with Gasteiger partial charge in [0.25, 0.3) is 0 Å². The first-order valence-corrected chi connectivity index (χ1v) is 5.54. The van der Waals surface area contributed by atoms with Crippen LogP contribution in [0.2, 0.25) is 0 Å². The minimum atomic E-state index is -0.573. The van der Waals surface area contributed by atoms with Gasteiger partial charge in [-0.25, -0.2) is 0 Å². The normalized spacial score (nSPS) is 15.7. The van der Waals surface area contributed by atoms with Crippen molar-refractivity contribution < 1.29 is 10.2 Å². The lowest BCUT2D eigenvalue weighted by atomic mass is 10.0. The molecule has 0 bridgehead atoms. The molecular weight excluding hydrogens is 164 g/mol. The maximum absolute atomic E-state index is 9.28. The van der Waals surface area contributed by atoms with Crippen LogP contribution < -0.4 is 0 Å². The highest BCUT2D eigenvalue weighted by Crippen LogP contribution is 2.09. The number of hydrogen-bond acceptors (Lipinski definition) is 2. The molecule has 0 aromatic carbocycles. The van der Waals surface area contributed by atoms with Gasteiger partial charge in [-0.3, -0.25) is 0 Å². The summed E-state index contributed by atoms with van der Waals surface area (Å²) >= 11 is 0. The summed E-state index contributed by atoms with van der Waals surface area (Å²) in [5.41, 5.74) is 0. The third-order valence-corrected chi connectivity index (χ3v) is 2.41. The summed E-state index contributed by atoms with van der Waals surface area (Å²) in [4.78, 5) is 0. The van der Waals surface area contributed by atoms with E-state index in [1.165, 1.54) is 32.1 Å². The molecule has 0 unspecified atom stereocenters. The van der Waals surface area contributed by atoms with Gasteiger partial charge in [0, 0.05) is 0 Å². The third kappa shape index (κ3) is 8.26. The highest BCUT2D eigenvalue weighted by atomic mass is 16.3. The van der Waals surface area contributed by atoms with Crippen LogP contribution in [0.4, 0.5) is 0 Å². The molecule has 13 heavy (non-hydrogen) atoms. The van der Waals surface area contributed by atoms with E-state index in [0.29, 0.717) is 0 Å². The van der Waals surface area contributed by atoms with Crippen molar-refractivity contribution in [3.05, 3.63) is 0 Å². The van der Waals surface area contributed by atoms with Crippen LogP contribution in [-0.2, 0) is 0 Å². The van der Waals surface area contributed by atoms with Gasteiger partial charge in [0.2, 0.25) is 0 Å². The predicted molar refractivity (Wildman–Crippen MR) is 55.7 cm³/mol. The van der Waals surface area contributed by atoms with E-state index in [1.807, 2.05) is 0 Å². The van der Waals surface area contributed by atoms with Crippen molar-refractivity contribution in [2.45, 2.75) is 71.0 Å². The lowest BCUT2D eigenvalue weighted by Gasteiger charge is -2.12. The topological polar surface area (TPSA) is 40.5 Å². The van der Waals surface area contributed by atoms with E-state index >= 15 is 0 Å². The summed E-state index contributed by atoms with van der Waals surface area (Å²) in [5.74, 6) is 0. The van der Waals surface area contributed by atoms with Gasteiger partial charge < -0.3 is 10.2 Å². The Hall–Kier alpha value is -0.0800. The summed E-state index contributed by atoms with van der Waals surface area (Å²) in [6.07, 6.45) is 7.03. The van der Waals surface area contributed by atoms with E-state index in [4.69, 9.17) is 5.11 Å². The van der Waals surface area contributed by atoms with Gasteiger partial charge in [0.15, 0.2) is 0 Å². The number of unbranched alkanes of at least 4 members (excludes halogenated alkanes) is 5. The zero-order chi connectivity index (χ0) is 10.1. The van der Waals surface area contributed by atoms with Crippen molar-refractivity contribution in [3.8, 4) is 0 Å². The Balaban J connectivity index is 3.07. The van der Waals surface area contributed by atoms with E-state index in [9.17, 15) is 5.11 Å². The molecule has 0 saturated heterocycles. The van der Waals surface area contributed by atoms with Gasteiger partial charge in [0.05, 0.1) is 12.2 Å². The molecule has 0 aliphatic heterocycles. The van der Waals surface area contributed by atoms with Crippen LogP contribution in [0.1, 0.15) is 58.8 Å². The molecule has 0 amide bonds. The zero-order valence-corrected chi connectivity index (χ0v) is 9.00. The standard InChI is InChI=1S/C11H24O2/c1-3-4-5-6-7-8-9-11(13)10(2)12/h10-13H,3-9H2,1-2H3/t10-,11+/m1/s1. The molecule has 2 heteroatoms. The summed E-state index contributed by atoms with van der Waals surface area (Å²) in [5, 5.41) is 18.3. The van der Waals surface area contributed by atoms with E-state index in [2.05, 4.69) is 6.92 Å². The SMILES string of the molecule is CCCCCCCC[C@H](O)[C@@H](C)O. The first-order chi connectivity index (χ1) is 6.18. The van der Waals surface area contributed by atoms with Gasteiger partial charge in [-0.15, -0.1) is 0 Å². The maximum Gasteiger partial charge on any atom is 0.0796 e. The Labute approximate surface area is 82.0 Å². The fraction of sp³-hybridized carbons (Fsp3) is 1.00. The second-order valence-corrected chi connectivity index (χ2v) is 3.86. The maximum atomic E-state index is 9.28. The Bertz CT molecular complexity index is 102. The van der Waals surface area contributed by atoms with Crippen molar-refractivity contribution >= 4 is 0 Å². The van der Waals surface area contributed by atoms with Crippen molar-refractivity contribution in [1.82, 2.24) is 0 Å².